The Bertz CT molecular complexity index is 835. The third-order valence-electron chi connectivity index (χ3n) is 4.61. The van der Waals surface area contributed by atoms with Gasteiger partial charge in [-0.3, -0.25) is 0 Å². The van der Waals surface area contributed by atoms with E-state index >= 15 is 0 Å². The lowest BCUT2D eigenvalue weighted by molar-refractivity contribution is -0.0273. The predicted molar refractivity (Wildman–Crippen MR) is 114 cm³/mol. The number of hydrogen-bond donors (Lipinski definition) is 1. The molecule has 2 atom stereocenters. The van der Waals surface area contributed by atoms with Crippen LogP contribution >= 0.6 is 0 Å². The first-order valence-electron chi connectivity index (χ1n) is 9.55. The second kappa shape index (κ2) is 11.9. The average Bonchev–Trinajstić information content (AvgIpc) is 3.29. The van der Waals surface area contributed by atoms with Crippen LogP contribution in [0.5, 0.6) is 0 Å². The van der Waals surface area contributed by atoms with Crippen molar-refractivity contribution in [2.75, 3.05) is 19.8 Å². The highest BCUT2D eigenvalue weighted by Gasteiger charge is 2.46. The molecule has 0 aromatic heterocycles. The molecule has 0 radical (unpaired) electrons. The Morgan fingerprint density at radius 3 is 1.87 bits per heavy atom. The second-order valence-corrected chi connectivity index (χ2v) is 10.7. The van der Waals surface area contributed by atoms with Crippen molar-refractivity contribution >= 4 is 21.0 Å². The summed E-state index contributed by atoms with van der Waals surface area (Å²) in [5, 5.41) is 3.45. The Hall–Kier alpha value is -1.59. The Morgan fingerprint density at radius 2 is 1.55 bits per heavy atom. The minimum absolute atomic E-state index is 0.373. The normalized spacial score (nSPS) is 17.8. The molecule has 2 aromatic rings. The zero-order valence-corrected chi connectivity index (χ0v) is 18.3. The summed E-state index contributed by atoms with van der Waals surface area (Å²) in [4.78, 5) is 0. The number of aliphatic hydroxyl groups excluding tert-OH is 1. The molecule has 1 heterocycles. The van der Waals surface area contributed by atoms with E-state index in [0.29, 0.717) is 10.9 Å². The summed E-state index contributed by atoms with van der Waals surface area (Å²) in [6.45, 7) is 0.176. The summed E-state index contributed by atoms with van der Waals surface area (Å²) in [5.41, 5.74) is 2.91. The first-order valence-corrected chi connectivity index (χ1v) is 12.6. The van der Waals surface area contributed by atoms with E-state index in [-0.39, 0.29) is 0 Å². The van der Waals surface area contributed by atoms with Crippen molar-refractivity contribution in [3.05, 3.63) is 71.8 Å². The van der Waals surface area contributed by atoms with E-state index in [1.54, 1.807) is 0 Å². The number of hydrogen-bond acceptors (Lipinski definition) is 5. The molecule has 1 aliphatic rings. The van der Waals surface area contributed by atoms with Crippen molar-refractivity contribution in [2.24, 2.45) is 0 Å². The maximum atomic E-state index is 11.9. The molecule has 2 unspecified atom stereocenters. The summed E-state index contributed by atoms with van der Waals surface area (Å²) in [7, 11) is -5.66. The molecule has 1 fully saturated rings. The van der Waals surface area contributed by atoms with Crippen LogP contribution in [0.25, 0.3) is 0 Å². The minimum Gasteiger partial charge on any atom is -0.743 e. The molecule has 31 heavy (non-hydrogen) atoms. The summed E-state index contributed by atoms with van der Waals surface area (Å²) < 4.78 is 70.0. The van der Waals surface area contributed by atoms with Crippen LogP contribution in [0.3, 0.4) is 0 Å². The Morgan fingerprint density at radius 1 is 1.06 bits per heavy atom. The van der Waals surface area contributed by atoms with Gasteiger partial charge in [-0.05, 0) is 0 Å². The van der Waals surface area contributed by atoms with Gasteiger partial charge in [0.1, 0.15) is 16.8 Å². The van der Waals surface area contributed by atoms with Gasteiger partial charge >= 0.3 is 5.25 Å². The molecular weight excluding hydrogens is 453 g/mol. The SMILES string of the molecule is O=S(=O)([O-])C(F)(F)C(F)CO.c1ccc(C[S+](Cc2ccccc2)C2CCOC2)cc1. The van der Waals surface area contributed by atoms with E-state index in [1.807, 2.05) is 0 Å². The molecule has 1 aliphatic heterocycles. The average molecular weight is 479 g/mol. The van der Waals surface area contributed by atoms with Crippen molar-refractivity contribution in [1.82, 2.24) is 0 Å². The monoisotopic (exact) mass is 478 g/mol. The molecule has 0 saturated carbocycles. The van der Waals surface area contributed by atoms with Crippen molar-refractivity contribution < 1.29 is 36.0 Å². The van der Waals surface area contributed by atoms with Crippen molar-refractivity contribution in [3.8, 4) is 0 Å². The molecule has 172 valence electrons. The highest BCUT2D eigenvalue weighted by Crippen LogP contribution is 2.27. The van der Waals surface area contributed by atoms with Crippen LogP contribution in [0.2, 0.25) is 0 Å². The van der Waals surface area contributed by atoms with Gasteiger partial charge in [0.25, 0.3) is 0 Å². The lowest BCUT2D eigenvalue weighted by Gasteiger charge is -2.21. The maximum absolute atomic E-state index is 11.9. The number of alkyl halides is 3. The topological polar surface area (TPSA) is 86.7 Å². The van der Waals surface area contributed by atoms with E-state index in [2.05, 4.69) is 60.7 Å². The van der Waals surface area contributed by atoms with Crippen LogP contribution < -0.4 is 0 Å². The fourth-order valence-electron chi connectivity index (χ4n) is 2.90. The number of benzene rings is 2. The third-order valence-corrected chi connectivity index (χ3v) is 8.25. The molecule has 2 aromatic carbocycles. The molecule has 0 amide bonds. The van der Waals surface area contributed by atoms with Gasteiger partial charge in [0.15, 0.2) is 16.3 Å². The molecule has 1 saturated heterocycles. The van der Waals surface area contributed by atoms with Crippen LogP contribution in [-0.4, -0.2) is 54.6 Å². The fourth-order valence-corrected chi connectivity index (χ4v) is 5.82. The van der Waals surface area contributed by atoms with Crippen molar-refractivity contribution in [1.29, 1.82) is 0 Å². The standard InChI is InChI=1S/C18H21OS.C3H5F3O4S/c1-3-7-16(8-4-1)14-20(18-11-12-19-13-18)15-17-9-5-2-6-10-17;4-2(1-7)3(5,6)11(8,9)10/h1-10,18H,11-15H2;2,7H,1H2,(H,8,9,10)/q+1;/p-1. The number of ether oxygens (including phenoxy) is 1. The van der Waals surface area contributed by atoms with Gasteiger partial charge < -0.3 is 14.4 Å². The van der Waals surface area contributed by atoms with Gasteiger partial charge in [-0.15, -0.1) is 0 Å². The highest BCUT2D eigenvalue weighted by atomic mass is 32.2. The first kappa shape index (κ1) is 25.7. The van der Waals surface area contributed by atoms with E-state index in [4.69, 9.17) is 9.84 Å². The van der Waals surface area contributed by atoms with Crippen LogP contribution in [0.15, 0.2) is 60.7 Å². The van der Waals surface area contributed by atoms with E-state index in [0.717, 1.165) is 18.5 Å². The molecule has 10 heteroatoms. The van der Waals surface area contributed by atoms with Gasteiger partial charge in [-0.2, -0.15) is 8.78 Å². The lowest BCUT2D eigenvalue weighted by atomic mass is 10.2. The molecular formula is C21H25F3O5S2. The molecule has 3 rings (SSSR count). The van der Waals surface area contributed by atoms with Crippen LogP contribution in [0.4, 0.5) is 13.2 Å². The largest absolute Gasteiger partial charge is 0.743 e. The van der Waals surface area contributed by atoms with E-state index in [1.165, 1.54) is 29.1 Å². The summed E-state index contributed by atoms with van der Waals surface area (Å²) in [6, 6.07) is 21.8. The van der Waals surface area contributed by atoms with Crippen LogP contribution in [0.1, 0.15) is 17.5 Å². The summed E-state index contributed by atoms with van der Waals surface area (Å²) >= 11 is 0. The second-order valence-electron chi connectivity index (χ2n) is 6.95. The van der Waals surface area contributed by atoms with Gasteiger partial charge in [-0.1, -0.05) is 60.7 Å². The third kappa shape index (κ3) is 7.80. The van der Waals surface area contributed by atoms with Gasteiger partial charge in [-0.25, -0.2) is 12.8 Å². The zero-order chi connectivity index (χ0) is 22.9. The quantitative estimate of drug-likeness (QED) is 0.465. The smallest absolute Gasteiger partial charge is 0.367 e. The van der Waals surface area contributed by atoms with Crippen LogP contribution in [0, 0.1) is 0 Å². The lowest BCUT2D eigenvalue weighted by Crippen LogP contribution is -2.40. The van der Waals surface area contributed by atoms with E-state index < -0.39 is 28.2 Å². The van der Waals surface area contributed by atoms with E-state index in [9.17, 15) is 26.1 Å². The maximum Gasteiger partial charge on any atom is 0.367 e. The van der Waals surface area contributed by atoms with Gasteiger partial charge in [0.2, 0.25) is 0 Å². The fraction of sp³-hybridized carbons (Fsp3) is 0.429. The van der Waals surface area contributed by atoms with Gasteiger partial charge in [0, 0.05) is 28.4 Å². The van der Waals surface area contributed by atoms with Crippen molar-refractivity contribution in [2.45, 2.75) is 34.6 Å². The number of halogens is 3. The van der Waals surface area contributed by atoms with Crippen LogP contribution in [-0.2, 0) is 37.3 Å². The summed E-state index contributed by atoms with van der Waals surface area (Å²) in [5.74, 6) is 2.37. The Balaban J connectivity index is 0.000000267. The minimum atomic E-state index is -6.03. The molecule has 0 spiro atoms. The Kier molecular flexibility index (Phi) is 9.83. The summed E-state index contributed by atoms with van der Waals surface area (Å²) in [6.07, 6.45) is -2.15. The number of aliphatic hydroxyl groups is 1. The van der Waals surface area contributed by atoms with Crippen molar-refractivity contribution in [3.63, 3.8) is 0 Å². The molecule has 0 aliphatic carbocycles. The Labute approximate surface area is 183 Å². The van der Waals surface area contributed by atoms with Gasteiger partial charge in [0.05, 0.1) is 19.8 Å². The highest BCUT2D eigenvalue weighted by molar-refractivity contribution is 7.96. The number of rotatable bonds is 8. The molecule has 1 N–H and O–H groups in total. The zero-order valence-electron chi connectivity index (χ0n) is 16.7. The predicted octanol–water partition coefficient (Wildman–Crippen LogP) is 3.25. The molecule has 0 bridgehead atoms. The molecule has 5 nitrogen and oxygen atoms in total. The first-order chi connectivity index (χ1) is 14.6.